The molecular formula is C7H5NOSe. The van der Waals surface area contributed by atoms with Gasteiger partial charge in [-0.05, 0) is 0 Å². The molecule has 50 valence electrons. The minimum atomic E-state index is 0.214. The molecular weight excluding hydrogens is 193 g/mol. The normalized spacial score (nSPS) is 15.4. The van der Waals surface area contributed by atoms with Crippen molar-refractivity contribution in [2.24, 2.45) is 0 Å². The van der Waals surface area contributed by atoms with Gasteiger partial charge in [0.15, 0.2) is 0 Å². The standard InChI is InChI=1S/C7H5NOSe/c9-5-1-2-6-7(3-5)10-4-8-6/h1-2,4H,3H2. The van der Waals surface area contributed by atoms with Gasteiger partial charge < -0.3 is 0 Å². The topological polar surface area (TPSA) is 30.0 Å². The zero-order valence-electron chi connectivity index (χ0n) is 5.20. The Hall–Kier alpha value is -0.661. The third-order valence-corrected chi connectivity index (χ3v) is 3.22. The maximum atomic E-state index is 10.8. The maximum absolute atomic E-state index is 10.8. The van der Waals surface area contributed by atoms with Gasteiger partial charge in [0.1, 0.15) is 0 Å². The van der Waals surface area contributed by atoms with E-state index in [0.29, 0.717) is 20.9 Å². The summed E-state index contributed by atoms with van der Waals surface area (Å²) >= 11 is 0.357. The summed E-state index contributed by atoms with van der Waals surface area (Å²) in [6, 6.07) is 0. The molecule has 0 aromatic carbocycles. The Labute approximate surface area is 64.3 Å². The van der Waals surface area contributed by atoms with Gasteiger partial charge in [0.2, 0.25) is 0 Å². The van der Waals surface area contributed by atoms with Crippen LogP contribution >= 0.6 is 0 Å². The van der Waals surface area contributed by atoms with Crippen molar-refractivity contribution in [1.82, 2.24) is 4.98 Å². The predicted octanol–water partition coefficient (Wildman–Crippen LogP) is 0.277. The second-order valence-corrected chi connectivity index (χ2v) is 4.11. The molecule has 3 heteroatoms. The Balaban J connectivity index is 2.52. The van der Waals surface area contributed by atoms with Crippen molar-refractivity contribution in [3.05, 3.63) is 21.3 Å². The SMILES string of the molecule is O=C1C=Cc2nc[se]c2C1. The molecule has 1 aromatic rings. The van der Waals surface area contributed by atoms with E-state index in [4.69, 9.17) is 0 Å². The molecule has 0 saturated heterocycles. The van der Waals surface area contributed by atoms with Gasteiger partial charge in [-0.1, -0.05) is 0 Å². The molecule has 0 bridgehead atoms. The average Bonchev–Trinajstić information content (AvgIpc) is 2.33. The summed E-state index contributed by atoms with van der Waals surface area (Å²) < 4.78 is 1.24. The molecule has 1 aliphatic rings. The van der Waals surface area contributed by atoms with Crippen LogP contribution in [0.2, 0.25) is 0 Å². The van der Waals surface area contributed by atoms with Crippen LogP contribution in [0.25, 0.3) is 6.08 Å². The Morgan fingerprint density at radius 2 is 2.40 bits per heavy atom. The molecule has 1 heterocycles. The molecule has 0 atom stereocenters. The molecule has 0 radical (unpaired) electrons. The minimum absolute atomic E-state index is 0.214. The molecule has 0 N–H and O–H groups in total. The van der Waals surface area contributed by atoms with Gasteiger partial charge in [0.05, 0.1) is 0 Å². The van der Waals surface area contributed by atoms with Crippen LogP contribution in [0.3, 0.4) is 0 Å². The van der Waals surface area contributed by atoms with Gasteiger partial charge in [-0.3, -0.25) is 0 Å². The summed E-state index contributed by atoms with van der Waals surface area (Å²) in [6.07, 6.45) is 4.02. The van der Waals surface area contributed by atoms with Crippen LogP contribution in [-0.4, -0.2) is 25.3 Å². The first-order valence-electron chi connectivity index (χ1n) is 2.99. The molecule has 10 heavy (non-hydrogen) atoms. The number of hydrogen-bond acceptors (Lipinski definition) is 2. The molecule has 0 aliphatic heterocycles. The monoisotopic (exact) mass is 199 g/mol. The number of ketones is 1. The van der Waals surface area contributed by atoms with Crippen LogP contribution in [-0.2, 0) is 11.2 Å². The van der Waals surface area contributed by atoms with Crippen LogP contribution in [0.15, 0.2) is 11.1 Å². The number of fused-ring (bicyclic) bond motifs is 1. The van der Waals surface area contributed by atoms with Crippen LogP contribution in [0, 0.1) is 0 Å². The third kappa shape index (κ3) is 0.877. The van der Waals surface area contributed by atoms with Crippen molar-refractivity contribution in [2.75, 3.05) is 0 Å². The van der Waals surface area contributed by atoms with E-state index < -0.39 is 0 Å². The third-order valence-electron chi connectivity index (χ3n) is 1.43. The van der Waals surface area contributed by atoms with E-state index in [-0.39, 0.29) is 5.78 Å². The fourth-order valence-electron chi connectivity index (χ4n) is 0.936. The number of rotatable bonds is 0. The van der Waals surface area contributed by atoms with Crippen molar-refractivity contribution in [1.29, 1.82) is 0 Å². The van der Waals surface area contributed by atoms with Crippen molar-refractivity contribution < 1.29 is 4.79 Å². The van der Waals surface area contributed by atoms with E-state index >= 15 is 0 Å². The van der Waals surface area contributed by atoms with Crippen LogP contribution in [0.4, 0.5) is 0 Å². The molecule has 0 fully saturated rings. The number of nitrogens with zero attached hydrogens (tertiary/aromatic N) is 1. The van der Waals surface area contributed by atoms with Crippen LogP contribution in [0.5, 0.6) is 0 Å². The Morgan fingerprint density at radius 3 is 3.30 bits per heavy atom. The first-order valence-corrected chi connectivity index (χ1v) is 4.84. The van der Waals surface area contributed by atoms with Gasteiger partial charge in [-0.25, -0.2) is 0 Å². The number of aromatic nitrogens is 1. The van der Waals surface area contributed by atoms with Gasteiger partial charge >= 0.3 is 63.8 Å². The van der Waals surface area contributed by atoms with Gasteiger partial charge in [-0.2, -0.15) is 0 Å². The Kier molecular flexibility index (Phi) is 1.33. The van der Waals surface area contributed by atoms with Crippen molar-refractivity contribution in [3.8, 4) is 0 Å². The van der Waals surface area contributed by atoms with Gasteiger partial charge in [0.25, 0.3) is 0 Å². The van der Waals surface area contributed by atoms with Gasteiger partial charge in [0, 0.05) is 0 Å². The zero-order chi connectivity index (χ0) is 6.97. The van der Waals surface area contributed by atoms with E-state index in [9.17, 15) is 4.79 Å². The summed E-state index contributed by atoms with van der Waals surface area (Å²) in [6.45, 7) is 0. The van der Waals surface area contributed by atoms with Crippen molar-refractivity contribution in [2.45, 2.75) is 6.42 Å². The van der Waals surface area contributed by atoms with Crippen LogP contribution in [0.1, 0.15) is 10.1 Å². The predicted molar refractivity (Wildman–Crippen MR) is 38.9 cm³/mol. The number of carbonyl (C=O) groups excluding carboxylic acids is 1. The second kappa shape index (κ2) is 2.18. The van der Waals surface area contributed by atoms with E-state index in [2.05, 4.69) is 4.98 Å². The van der Waals surface area contributed by atoms with Crippen LogP contribution < -0.4 is 0 Å². The molecule has 0 amide bonds. The zero-order valence-corrected chi connectivity index (χ0v) is 6.92. The molecule has 2 nitrogen and oxygen atoms in total. The first-order chi connectivity index (χ1) is 4.86. The summed E-state index contributed by atoms with van der Waals surface area (Å²) in [5.41, 5.74) is 1.03. The Morgan fingerprint density at radius 1 is 1.50 bits per heavy atom. The van der Waals surface area contributed by atoms with E-state index in [1.807, 2.05) is 11.1 Å². The first kappa shape index (κ1) is 6.08. The molecule has 2 rings (SSSR count). The van der Waals surface area contributed by atoms with Gasteiger partial charge in [-0.15, -0.1) is 0 Å². The Bertz CT molecular complexity index is 300. The molecule has 1 aliphatic carbocycles. The molecule has 0 spiro atoms. The van der Waals surface area contributed by atoms with E-state index in [0.717, 1.165) is 5.69 Å². The fraction of sp³-hybridized carbons (Fsp3) is 0.143. The summed E-state index contributed by atoms with van der Waals surface area (Å²) in [5.74, 6) is 0.214. The molecule has 0 unspecified atom stereocenters. The molecule has 0 saturated carbocycles. The average molecular weight is 198 g/mol. The van der Waals surface area contributed by atoms with E-state index in [1.165, 1.54) is 4.44 Å². The molecule has 1 aromatic heterocycles. The second-order valence-electron chi connectivity index (χ2n) is 2.14. The number of hydrogen-bond donors (Lipinski definition) is 0. The van der Waals surface area contributed by atoms with Crippen molar-refractivity contribution >= 4 is 26.4 Å². The number of carbonyl (C=O) groups is 1. The summed E-state index contributed by atoms with van der Waals surface area (Å²) in [4.78, 5) is 15.0. The van der Waals surface area contributed by atoms with Crippen molar-refractivity contribution in [3.63, 3.8) is 0 Å². The number of allylic oxidation sites excluding steroid dienone is 1. The quantitative estimate of drug-likeness (QED) is 0.560. The van der Waals surface area contributed by atoms with E-state index in [1.54, 1.807) is 6.08 Å². The summed E-state index contributed by atoms with van der Waals surface area (Å²) in [5, 5.41) is 1.92. The fourth-order valence-corrected chi connectivity index (χ4v) is 2.53. The summed E-state index contributed by atoms with van der Waals surface area (Å²) in [7, 11) is 0.